The number of aromatic nitrogens is 1. The van der Waals surface area contributed by atoms with E-state index in [1.165, 1.54) is 37.7 Å². The molecule has 1 fully saturated rings. The van der Waals surface area contributed by atoms with Gasteiger partial charge < -0.3 is 10.4 Å². The number of rotatable bonds is 5. The average molecular weight is 248 g/mol. The molecule has 1 aromatic rings. The number of carbonyl (C=O) groups is 2. The average Bonchev–Trinajstić information content (AvgIpc) is 2.32. The van der Waals surface area contributed by atoms with E-state index in [0.717, 1.165) is 12.3 Å². The van der Waals surface area contributed by atoms with Crippen LogP contribution >= 0.6 is 0 Å². The first-order chi connectivity index (χ1) is 8.68. The lowest BCUT2D eigenvalue weighted by Crippen LogP contribution is -2.28. The Bertz CT molecular complexity index is 455. The van der Waals surface area contributed by atoms with Gasteiger partial charge in [0.25, 0.3) is 5.91 Å². The van der Waals surface area contributed by atoms with E-state index in [1.54, 1.807) is 0 Å². The van der Waals surface area contributed by atoms with Gasteiger partial charge in [0.1, 0.15) is 0 Å². The zero-order valence-electron chi connectivity index (χ0n) is 10.1. The van der Waals surface area contributed by atoms with Crippen LogP contribution in [0.2, 0.25) is 0 Å². The summed E-state index contributed by atoms with van der Waals surface area (Å²) in [5, 5.41) is 11.7. The maximum absolute atomic E-state index is 11.9. The molecule has 5 nitrogen and oxygen atoms in total. The minimum atomic E-state index is -1.13. The number of nitrogens with one attached hydrogen (secondary N) is 1. The highest BCUT2D eigenvalue weighted by atomic mass is 16.4. The fourth-order valence-corrected chi connectivity index (χ4v) is 2.03. The molecule has 2 N–H and O–H groups in total. The second kappa shape index (κ2) is 5.62. The number of pyridine rings is 1. The molecule has 96 valence electrons. The summed E-state index contributed by atoms with van der Waals surface area (Å²) in [6.07, 6.45) is 7.36. The van der Waals surface area contributed by atoms with Crippen molar-refractivity contribution in [3.8, 4) is 0 Å². The van der Waals surface area contributed by atoms with Gasteiger partial charge in [-0.2, -0.15) is 0 Å². The van der Waals surface area contributed by atoms with Crippen LogP contribution in [0.15, 0.2) is 18.5 Å². The maximum atomic E-state index is 11.9. The van der Waals surface area contributed by atoms with Gasteiger partial charge in [-0.1, -0.05) is 19.3 Å². The minimum absolute atomic E-state index is 0.0568. The predicted octanol–water partition coefficient (Wildman–Crippen LogP) is 1.70. The fraction of sp³-hybridized carbons (Fsp3) is 0.462. The zero-order valence-corrected chi connectivity index (χ0v) is 10.1. The van der Waals surface area contributed by atoms with Crippen molar-refractivity contribution in [3.63, 3.8) is 0 Å². The molecule has 5 heteroatoms. The Balaban J connectivity index is 1.93. The van der Waals surface area contributed by atoms with E-state index in [2.05, 4.69) is 10.3 Å². The van der Waals surface area contributed by atoms with E-state index in [-0.39, 0.29) is 17.0 Å². The summed E-state index contributed by atoms with van der Waals surface area (Å²) in [4.78, 5) is 26.5. The Kier molecular flexibility index (Phi) is 3.92. The number of carboxylic acids is 1. The zero-order chi connectivity index (χ0) is 13.0. The smallest absolute Gasteiger partial charge is 0.338 e. The second-order valence-electron chi connectivity index (χ2n) is 4.57. The molecule has 1 amide bonds. The number of hydrogen-bond donors (Lipinski definition) is 2. The largest absolute Gasteiger partial charge is 0.478 e. The van der Waals surface area contributed by atoms with Crippen molar-refractivity contribution in [3.05, 3.63) is 29.6 Å². The Morgan fingerprint density at radius 2 is 2.17 bits per heavy atom. The first kappa shape index (κ1) is 12.5. The van der Waals surface area contributed by atoms with Crippen molar-refractivity contribution in [1.29, 1.82) is 0 Å². The molecule has 0 spiro atoms. The minimum Gasteiger partial charge on any atom is -0.478 e. The first-order valence-electron chi connectivity index (χ1n) is 6.14. The van der Waals surface area contributed by atoms with Crippen LogP contribution in [-0.2, 0) is 0 Å². The van der Waals surface area contributed by atoms with Crippen molar-refractivity contribution in [2.75, 3.05) is 6.54 Å². The van der Waals surface area contributed by atoms with Gasteiger partial charge >= 0.3 is 5.97 Å². The molecule has 1 saturated carbocycles. The molecule has 0 saturated heterocycles. The number of carbonyl (C=O) groups excluding carboxylic acids is 1. The molecule has 18 heavy (non-hydrogen) atoms. The van der Waals surface area contributed by atoms with Gasteiger partial charge in [0, 0.05) is 18.9 Å². The Hall–Kier alpha value is -1.91. The topological polar surface area (TPSA) is 79.3 Å². The summed E-state index contributed by atoms with van der Waals surface area (Å²) in [6.45, 7) is 0.602. The second-order valence-corrected chi connectivity index (χ2v) is 4.57. The molecule has 0 radical (unpaired) electrons. The summed E-state index contributed by atoms with van der Waals surface area (Å²) in [5.74, 6) is -0.747. The number of nitrogens with zero attached hydrogens (tertiary/aromatic N) is 1. The van der Waals surface area contributed by atoms with Crippen LogP contribution in [0.25, 0.3) is 0 Å². The van der Waals surface area contributed by atoms with Crippen LogP contribution in [0.4, 0.5) is 0 Å². The maximum Gasteiger partial charge on any atom is 0.338 e. The number of aromatic carboxylic acids is 1. The van der Waals surface area contributed by atoms with Gasteiger partial charge in [-0.3, -0.25) is 9.78 Å². The molecule has 2 rings (SSSR count). The van der Waals surface area contributed by atoms with Crippen LogP contribution in [0, 0.1) is 5.92 Å². The molecule has 0 aromatic carbocycles. The molecular formula is C13H16N2O3. The molecule has 0 unspecified atom stereocenters. The Morgan fingerprint density at radius 3 is 2.78 bits per heavy atom. The van der Waals surface area contributed by atoms with E-state index >= 15 is 0 Å². The molecule has 1 aliphatic rings. The summed E-state index contributed by atoms with van der Waals surface area (Å²) in [6, 6.07) is 1.43. The highest BCUT2D eigenvalue weighted by Gasteiger charge is 2.19. The van der Waals surface area contributed by atoms with Gasteiger partial charge in [0.05, 0.1) is 11.1 Å². The number of hydrogen-bond acceptors (Lipinski definition) is 3. The Labute approximate surface area is 105 Å². The third kappa shape index (κ3) is 2.85. The van der Waals surface area contributed by atoms with Gasteiger partial charge in [0.2, 0.25) is 0 Å². The molecule has 0 atom stereocenters. The van der Waals surface area contributed by atoms with Crippen molar-refractivity contribution in [2.24, 2.45) is 5.92 Å². The van der Waals surface area contributed by atoms with Crippen LogP contribution < -0.4 is 5.32 Å². The van der Waals surface area contributed by atoms with Gasteiger partial charge in [0.15, 0.2) is 0 Å². The van der Waals surface area contributed by atoms with Gasteiger partial charge in [-0.25, -0.2) is 4.79 Å². The van der Waals surface area contributed by atoms with E-state index < -0.39 is 5.97 Å². The summed E-state index contributed by atoms with van der Waals surface area (Å²) >= 11 is 0. The first-order valence-corrected chi connectivity index (χ1v) is 6.14. The van der Waals surface area contributed by atoms with E-state index in [4.69, 9.17) is 5.11 Å². The van der Waals surface area contributed by atoms with Crippen LogP contribution in [0.5, 0.6) is 0 Å². The van der Waals surface area contributed by atoms with Crippen LogP contribution in [0.3, 0.4) is 0 Å². The van der Waals surface area contributed by atoms with Crippen molar-refractivity contribution < 1.29 is 14.7 Å². The van der Waals surface area contributed by atoms with E-state index in [0.29, 0.717) is 6.54 Å². The highest BCUT2D eigenvalue weighted by Crippen LogP contribution is 2.28. The van der Waals surface area contributed by atoms with Gasteiger partial charge in [-0.05, 0) is 18.4 Å². The third-order valence-electron chi connectivity index (χ3n) is 3.36. The monoisotopic (exact) mass is 248 g/mol. The fourth-order valence-electron chi connectivity index (χ4n) is 2.03. The summed E-state index contributed by atoms with van der Waals surface area (Å²) in [5.41, 5.74) is 0.116. The molecule has 0 aliphatic heterocycles. The predicted molar refractivity (Wildman–Crippen MR) is 65.5 cm³/mol. The lowest BCUT2D eigenvalue weighted by molar-refractivity contribution is 0.0690. The normalized spacial score (nSPS) is 14.9. The van der Waals surface area contributed by atoms with Crippen molar-refractivity contribution >= 4 is 11.9 Å². The van der Waals surface area contributed by atoms with Gasteiger partial charge in [-0.15, -0.1) is 0 Å². The van der Waals surface area contributed by atoms with Crippen LogP contribution in [-0.4, -0.2) is 28.5 Å². The summed E-state index contributed by atoms with van der Waals surface area (Å²) in [7, 11) is 0. The lowest BCUT2D eigenvalue weighted by atomic mass is 9.83. The van der Waals surface area contributed by atoms with E-state index in [1.807, 2.05) is 0 Å². The van der Waals surface area contributed by atoms with Crippen molar-refractivity contribution in [2.45, 2.75) is 25.7 Å². The standard InChI is InChI=1S/C13H16N2O3/c16-12(15-7-4-9-2-1-3-9)10-5-6-14-8-11(10)13(17)18/h5-6,8-9H,1-4,7H2,(H,15,16)(H,17,18). The lowest BCUT2D eigenvalue weighted by Gasteiger charge is -2.25. The van der Waals surface area contributed by atoms with Crippen molar-refractivity contribution in [1.82, 2.24) is 10.3 Å². The molecular weight excluding hydrogens is 232 g/mol. The molecule has 0 bridgehead atoms. The molecule has 1 heterocycles. The summed E-state index contributed by atoms with van der Waals surface area (Å²) < 4.78 is 0. The van der Waals surface area contributed by atoms with Crippen LogP contribution in [0.1, 0.15) is 46.4 Å². The number of carboxylic acid groups (broad SMARTS) is 1. The SMILES string of the molecule is O=C(O)c1cnccc1C(=O)NCCC1CCC1. The van der Waals surface area contributed by atoms with E-state index in [9.17, 15) is 9.59 Å². The molecule has 1 aliphatic carbocycles. The highest BCUT2D eigenvalue weighted by molar-refractivity contribution is 6.04. The number of amides is 1. The quantitative estimate of drug-likeness (QED) is 0.831. The Morgan fingerprint density at radius 1 is 1.39 bits per heavy atom. The third-order valence-corrected chi connectivity index (χ3v) is 3.36. The molecule has 1 aromatic heterocycles.